The summed E-state index contributed by atoms with van der Waals surface area (Å²) in [7, 11) is 0. The number of hydrogen-bond acceptors (Lipinski definition) is 1. The molecule has 1 amide bonds. The zero-order chi connectivity index (χ0) is 5.70. The van der Waals surface area contributed by atoms with Crippen molar-refractivity contribution in [3.05, 3.63) is 0 Å². The molecule has 2 nitrogen and oxygen atoms in total. The van der Waals surface area contributed by atoms with Gasteiger partial charge < -0.3 is 0 Å². The monoisotopic (exact) mass is 161 g/mol. The van der Waals surface area contributed by atoms with Gasteiger partial charge in [-0.1, -0.05) is 0 Å². The third-order valence-electron chi connectivity index (χ3n) is 0.621. The third-order valence-corrected chi connectivity index (χ3v) is 2.19. The Balaban J connectivity index is 2.82. The van der Waals surface area contributed by atoms with Crippen LogP contribution in [-0.4, -0.2) is 21.3 Å². The number of rotatable bonds is 3. The molecular weight excluding hydrogens is 151 g/mol. The molecule has 3 heteroatoms. The first-order chi connectivity index (χ1) is 3.27. The van der Waals surface area contributed by atoms with E-state index in [2.05, 4.69) is 5.76 Å². The van der Waals surface area contributed by atoms with E-state index in [0.29, 0.717) is 6.42 Å². The van der Waals surface area contributed by atoms with Crippen LogP contribution in [-0.2, 0) is 4.79 Å². The van der Waals surface area contributed by atoms with Gasteiger partial charge in [-0.2, -0.15) is 0 Å². The fourth-order valence-corrected chi connectivity index (χ4v) is 1.29. The summed E-state index contributed by atoms with van der Waals surface area (Å²) in [5.74, 6) is 1.99. The normalized spacial score (nSPS) is 8.71. The van der Waals surface area contributed by atoms with E-state index in [1.54, 1.807) is 0 Å². The molecule has 0 saturated heterocycles. The van der Waals surface area contributed by atoms with Crippen LogP contribution in [0.25, 0.3) is 0 Å². The molecule has 0 aromatic rings. The second-order valence-corrected chi connectivity index (χ2v) is 3.85. The maximum atomic E-state index is 10.0. The summed E-state index contributed by atoms with van der Waals surface area (Å²) >= 11 is 0.168. The molecule has 0 atom stereocenters. The summed E-state index contributed by atoms with van der Waals surface area (Å²) in [5, 5.41) is 1.05. The summed E-state index contributed by atoms with van der Waals surface area (Å²) in [5.41, 5.74) is 4.86. The van der Waals surface area contributed by atoms with Gasteiger partial charge in [0, 0.05) is 0 Å². The zero-order valence-electron chi connectivity index (χ0n) is 4.40. The molecule has 0 spiro atoms. The van der Waals surface area contributed by atoms with Crippen LogP contribution in [0.2, 0.25) is 11.0 Å². The van der Waals surface area contributed by atoms with Crippen LogP contribution in [0.5, 0.6) is 0 Å². The van der Waals surface area contributed by atoms with Crippen molar-refractivity contribution >= 4 is 21.3 Å². The Morgan fingerprint density at radius 1 is 1.86 bits per heavy atom. The Hall–Kier alpha value is 0.0129. The van der Waals surface area contributed by atoms with Crippen molar-refractivity contribution in [1.82, 2.24) is 0 Å². The van der Waals surface area contributed by atoms with Crippen molar-refractivity contribution in [3.8, 4) is 0 Å². The van der Waals surface area contributed by atoms with Gasteiger partial charge in [0.2, 0.25) is 0 Å². The Labute approximate surface area is 49.9 Å². The Kier molecular flexibility index (Phi) is 4.19. The summed E-state index contributed by atoms with van der Waals surface area (Å²) in [4.78, 5) is 10.0. The maximum absolute atomic E-state index is 10.0. The Morgan fingerprint density at radius 2 is 2.43 bits per heavy atom. The van der Waals surface area contributed by atoms with E-state index < -0.39 is 0 Å². The first kappa shape index (κ1) is 7.01. The van der Waals surface area contributed by atoms with Gasteiger partial charge in [0.05, 0.1) is 0 Å². The molecule has 40 valence electrons. The van der Waals surface area contributed by atoms with E-state index in [1.807, 2.05) is 0 Å². The minimum absolute atomic E-state index is 0.161. The van der Waals surface area contributed by atoms with Crippen LogP contribution in [0, 0.1) is 0 Å². The molecule has 0 aliphatic rings. The summed E-state index contributed by atoms with van der Waals surface area (Å²) < 4.78 is 0. The summed E-state index contributed by atoms with van der Waals surface area (Å²) in [6.07, 6.45) is 0.594. The van der Waals surface area contributed by atoms with E-state index in [0.717, 1.165) is 5.25 Å². The van der Waals surface area contributed by atoms with Crippen molar-refractivity contribution in [2.75, 3.05) is 0 Å². The molecule has 2 N–H and O–H groups in total. The molecule has 2 radical (unpaired) electrons. The number of carbonyl (C=O) groups is 1. The SMILES string of the molecule is [CH3][Ge][CH2]CC(N)=O. The number of nitrogens with two attached hydrogens (primary N) is 1. The quantitative estimate of drug-likeness (QED) is 0.581. The van der Waals surface area contributed by atoms with Crippen LogP contribution >= 0.6 is 0 Å². The zero-order valence-corrected chi connectivity index (χ0v) is 6.50. The molecule has 0 aromatic heterocycles. The molecule has 0 aromatic carbocycles. The molecule has 0 aliphatic heterocycles. The molecule has 0 aliphatic carbocycles. The van der Waals surface area contributed by atoms with Crippen molar-refractivity contribution in [1.29, 1.82) is 0 Å². The van der Waals surface area contributed by atoms with Crippen LogP contribution in [0.4, 0.5) is 0 Å². The fourth-order valence-electron chi connectivity index (χ4n) is 0.248. The summed E-state index contributed by atoms with van der Waals surface area (Å²) in [6, 6.07) is 0. The van der Waals surface area contributed by atoms with Gasteiger partial charge in [-0.25, -0.2) is 0 Å². The van der Waals surface area contributed by atoms with E-state index in [-0.39, 0.29) is 21.3 Å². The van der Waals surface area contributed by atoms with Crippen molar-refractivity contribution in [2.45, 2.75) is 17.4 Å². The molecule has 0 bridgehead atoms. The molecule has 0 unspecified atom stereocenters. The predicted molar refractivity (Wildman–Crippen MR) is 30.2 cm³/mol. The number of carbonyl (C=O) groups excluding carboxylic acids is 1. The second-order valence-electron chi connectivity index (χ2n) is 1.32. The number of amides is 1. The van der Waals surface area contributed by atoms with Crippen LogP contribution in [0.1, 0.15) is 6.42 Å². The van der Waals surface area contributed by atoms with E-state index in [4.69, 9.17) is 5.73 Å². The fraction of sp³-hybridized carbons (Fsp3) is 0.750. The molecule has 0 fully saturated rings. The van der Waals surface area contributed by atoms with Gasteiger partial charge in [0.25, 0.3) is 0 Å². The topological polar surface area (TPSA) is 43.1 Å². The average Bonchev–Trinajstić information content (AvgIpc) is 1.61. The van der Waals surface area contributed by atoms with E-state index >= 15 is 0 Å². The number of primary amides is 1. The molecule has 7 heavy (non-hydrogen) atoms. The molecular formula is C4H9GeNO. The first-order valence-electron chi connectivity index (χ1n) is 2.20. The minimum atomic E-state index is -0.161. The van der Waals surface area contributed by atoms with Crippen molar-refractivity contribution < 1.29 is 4.79 Å². The predicted octanol–water partition coefficient (Wildman–Crippen LogP) is 0.0324. The van der Waals surface area contributed by atoms with E-state index in [1.165, 1.54) is 0 Å². The average molecular weight is 160 g/mol. The standard InChI is InChI=1S/C4H9GeNO/c1-5-3-2-4(6)7/h2-3H2,1H3,(H2,6,7). The summed E-state index contributed by atoms with van der Waals surface area (Å²) in [6.45, 7) is 0. The van der Waals surface area contributed by atoms with Crippen molar-refractivity contribution in [3.63, 3.8) is 0 Å². The van der Waals surface area contributed by atoms with Crippen LogP contribution in [0.3, 0.4) is 0 Å². The van der Waals surface area contributed by atoms with Crippen LogP contribution in [0.15, 0.2) is 0 Å². The number of hydrogen-bond donors (Lipinski definition) is 1. The molecule has 0 heterocycles. The van der Waals surface area contributed by atoms with Gasteiger partial charge in [-0.05, 0) is 0 Å². The first-order valence-corrected chi connectivity index (χ1v) is 5.78. The van der Waals surface area contributed by atoms with E-state index in [9.17, 15) is 4.79 Å². The van der Waals surface area contributed by atoms with Gasteiger partial charge >= 0.3 is 49.3 Å². The Bertz CT molecular complexity index is 64.7. The van der Waals surface area contributed by atoms with Gasteiger partial charge in [0.1, 0.15) is 0 Å². The molecule has 0 saturated carbocycles. The van der Waals surface area contributed by atoms with Crippen LogP contribution < -0.4 is 5.73 Å². The van der Waals surface area contributed by atoms with Gasteiger partial charge in [0.15, 0.2) is 0 Å². The van der Waals surface area contributed by atoms with Gasteiger partial charge in [-0.15, -0.1) is 0 Å². The molecule has 0 rings (SSSR count). The van der Waals surface area contributed by atoms with Gasteiger partial charge in [-0.3, -0.25) is 0 Å². The van der Waals surface area contributed by atoms with Crippen molar-refractivity contribution in [2.24, 2.45) is 5.73 Å². The Morgan fingerprint density at radius 3 is 2.57 bits per heavy atom. The third kappa shape index (κ3) is 6.01. The second kappa shape index (κ2) is 4.18.